The highest BCUT2D eigenvalue weighted by Gasteiger charge is 2.19. The Kier molecular flexibility index (Phi) is 7.75. The second-order valence-corrected chi connectivity index (χ2v) is 5.19. The third-order valence-electron chi connectivity index (χ3n) is 3.65. The Morgan fingerprint density at radius 2 is 1.56 bits per heavy atom. The summed E-state index contributed by atoms with van der Waals surface area (Å²) in [6, 6.07) is 11.5. The van der Waals surface area contributed by atoms with Gasteiger partial charge in [0.1, 0.15) is 0 Å². The normalized spacial score (nSPS) is 12.9. The van der Waals surface area contributed by atoms with Gasteiger partial charge in [0.15, 0.2) is 0 Å². The van der Waals surface area contributed by atoms with Crippen molar-refractivity contribution < 1.29 is 0 Å². The molecule has 0 radical (unpaired) electrons. The molecule has 1 atom stereocenters. The lowest BCUT2D eigenvalue weighted by Crippen LogP contribution is -2.38. The predicted molar refractivity (Wildman–Crippen MR) is 80.9 cm³/mol. The van der Waals surface area contributed by atoms with E-state index in [0.29, 0.717) is 6.04 Å². The maximum Gasteiger partial charge on any atom is 0.0136 e. The molecular formula is C17H29N. The van der Waals surface area contributed by atoms with E-state index in [1.54, 1.807) is 0 Å². The summed E-state index contributed by atoms with van der Waals surface area (Å²) in [7, 11) is 0. The Labute approximate surface area is 113 Å². The molecule has 0 fully saturated rings. The molecular weight excluding hydrogens is 218 g/mol. The van der Waals surface area contributed by atoms with E-state index >= 15 is 0 Å². The van der Waals surface area contributed by atoms with E-state index in [-0.39, 0.29) is 0 Å². The molecule has 1 aromatic carbocycles. The Morgan fingerprint density at radius 3 is 2.06 bits per heavy atom. The first-order valence-corrected chi connectivity index (χ1v) is 7.59. The SMILES string of the molecule is CCCC(CCC)C(Cc1ccccc1)NCC. The Hall–Kier alpha value is -0.820. The molecule has 18 heavy (non-hydrogen) atoms. The maximum absolute atomic E-state index is 3.70. The van der Waals surface area contributed by atoms with Crippen molar-refractivity contribution in [3.63, 3.8) is 0 Å². The fourth-order valence-electron chi connectivity index (χ4n) is 2.82. The zero-order chi connectivity index (χ0) is 13.2. The molecule has 0 aliphatic heterocycles. The summed E-state index contributed by atoms with van der Waals surface area (Å²) in [5.41, 5.74) is 1.46. The van der Waals surface area contributed by atoms with Gasteiger partial charge in [0.25, 0.3) is 0 Å². The van der Waals surface area contributed by atoms with Crippen LogP contribution >= 0.6 is 0 Å². The minimum Gasteiger partial charge on any atom is -0.314 e. The molecule has 1 N–H and O–H groups in total. The van der Waals surface area contributed by atoms with E-state index < -0.39 is 0 Å². The standard InChI is InChI=1S/C17H29N/c1-4-10-16(11-5-2)17(18-6-3)14-15-12-8-7-9-13-15/h7-9,12-13,16-18H,4-6,10-11,14H2,1-3H3. The van der Waals surface area contributed by atoms with Gasteiger partial charge in [0, 0.05) is 6.04 Å². The number of rotatable bonds is 9. The molecule has 1 unspecified atom stereocenters. The van der Waals surface area contributed by atoms with Gasteiger partial charge in [-0.1, -0.05) is 63.9 Å². The molecule has 102 valence electrons. The van der Waals surface area contributed by atoms with E-state index in [1.807, 2.05) is 0 Å². The molecule has 1 aromatic rings. The van der Waals surface area contributed by atoms with Crippen molar-refractivity contribution in [2.24, 2.45) is 5.92 Å². The van der Waals surface area contributed by atoms with Gasteiger partial charge in [0.2, 0.25) is 0 Å². The maximum atomic E-state index is 3.70. The molecule has 0 aromatic heterocycles. The van der Waals surface area contributed by atoms with Gasteiger partial charge in [-0.3, -0.25) is 0 Å². The van der Waals surface area contributed by atoms with E-state index in [0.717, 1.165) is 12.5 Å². The van der Waals surface area contributed by atoms with Crippen LogP contribution in [0.1, 0.15) is 52.0 Å². The minimum absolute atomic E-state index is 0.636. The summed E-state index contributed by atoms with van der Waals surface area (Å²) in [6.07, 6.45) is 6.44. The van der Waals surface area contributed by atoms with Crippen LogP contribution in [-0.4, -0.2) is 12.6 Å². The Balaban J connectivity index is 2.66. The molecule has 1 heteroatoms. The van der Waals surface area contributed by atoms with E-state index in [9.17, 15) is 0 Å². The highest BCUT2D eigenvalue weighted by molar-refractivity contribution is 5.16. The van der Waals surface area contributed by atoms with Crippen molar-refractivity contribution in [1.82, 2.24) is 5.32 Å². The molecule has 0 amide bonds. The van der Waals surface area contributed by atoms with Gasteiger partial charge in [-0.2, -0.15) is 0 Å². The zero-order valence-electron chi connectivity index (χ0n) is 12.3. The highest BCUT2D eigenvalue weighted by Crippen LogP contribution is 2.21. The summed E-state index contributed by atoms with van der Waals surface area (Å²) in [5.74, 6) is 0.820. The monoisotopic (exact) mass is 247 g/mol. The van der Waals surface area contributed by atoms with Crippen LogP contribution in [0.15, 0.2) is 30.3 Å². The average Bonchev–Trinajstić information content (AvgIpc) is 2.39. The Morgan fingerprint density at radius 1 is 0.944 bits per heavy atom. The molecule has 1 nitrogen and oxygen atoms in total. The van der Waals surface area contributed by atoms with Gasteiger partial charge in [0.05, 0.1) is 0 Å². The average molecular weight is 247 g/mol. The first-order valence-electron chi connectivity index (χ1n) is 7.59. The summed E-state index contributed by atoms with van der Waals surface area (Å²) in [6.45, 7) is 7.89. The second kappa shape index (κ2) is 9.16. The number of benzene rings is 1. The number of hydrogen-bond donors (Lipinski definition) is 1. The molecule has 0 saturated heterocycles. The summed E-state index contributed by atoms with van der Waals surface area (Å²) >= 11 is 0. The van der Waals surface area contributed by atoms with Crippen LogP contribution in [0.25, 0.3) is 0 Å². The molecule has 0 aliphatic rings. The molecule has 0 spiro atoms. The minimum atomic E-state index is 0.636. The first-order chi connectivity index (χ1) is 8.81. The fourth-order valence-corrected chi connectivity index (χ4v) is 2.82. The summed E-state index contributed by atoms with van der Waals surface area (Å²) in [4.78, 5) is 0. The third kappa shape index (κ3) is 5.22. The summed E-state index contributed by atoms with van der Waals surface area (Å²) in [5, 5.41) is 3.70. The topological polar surface area (TPSA) is 12.0 Å². The van der Waals surface area contributed by atoms with Gasteiger partial charge >= 0.3 is 0 Å². The second-order valence-electron chi connectivity index (χ2n) is 5.19. The Bertz CT molecular complexity index is 288. The van der Waals surface area contributed by atoms with Crippen LogP contribution in [0.2, 0.25) is 0 Å². The lowest BCUT2D eigenvalue weighted by molar-refractivity contribution is 0.312. The van der Waals surface area contributed by atoms with E-state index in [2.05, 4.69) is 56.4 Å². The third-order valence-corrected chi connectivity index (χ3v) is 3.65. The van der Waals surface area contributed by atoms with Crippen molar-refractivity contribution in [3.8, 4) is 0 Å². The van der Waals surface area contributed by atoms with Crippen LogP contribution in [0.5, 0.6) is 0 Å². The summed E-state index contributed by atoms with van der Waals surface area (Å²) < 4.78 is 0. The van der Waals surface area contributed by atoms with Crippen LogP contribution in [0.4, 0.5) is 0 Å². The van der Waals surface area contributed by atoms with E-state index in [4.69, 9.17) is 0 Å². The van der Waals surface area contributed by atoms with Gasteiger partial charge in [-0.25, -0.2) is 0 Å². The lowest BCUT2D eigenvalue weighted by atomic mass is 9.86. The fraction of sp³-hybridized carbons (Fsp3) is 0.647. The molecule has 0 bridgehead atoms. The van der Waals surface area contributed by atoms with Crippen LogP contribution in [-0.2, 0) is 6.42 Å². The quantitative estimate of drug-likeness (QED) is 0.681. The van der Waals surface area contributed by atoms with Crippen molar-refractivity contribution in [2.45, 2.75) is 58.9 Å². The lowest BCUT2D eigenvalue weighted by Gasteiger charge is -2.28. The smallest absolute Gasteiger partial charge is 0.0136 e. The van der Waals surface area contributed by atoms with Crippen molar-refractivity contribution in [1.29, 1.82) is 0 Å². The van der Waals surface area contributed by atoms with Crippen LogP contribution in [0, 0.1) is 5.92 Å². The molecule has 0 heterocycles. The molecule has 1 rings (SSSR count). The molecule has 0 saturated carbocycles. The van der Waals surface area contributed by atoms with Crippen LogP contribution < -0.4 is 5.32 Å². The predicted octanol–water partition coefficient (Wildman–Crippen LogP) is 4.42. The number of likely N-dealkylation sites (N-methyl/N-ethyl adjacent to an activating group) is 1. The number of hydrogen-bond acceptors (Lipinski definition) is 1. The van der Waals surface area contributed by atoms with Gasteiger partial charge in [-0.05, 0) is 37.3 Å². The van der Waals surface area contributed by atoms with Crippen molar-refractivity contribution >= 4 is 0 Å². The highest BCUT2D eigenvalue weighted by atomic mass is 14.9. The number of nitrogens with one attached hydrogen (secondary N) is 1. The largest absolute Gasteiger partial charge is 0.314 e. The van der Waals surface area contributed by atoms with E-state index in [1.165, 1.54) is 37.7 Å². The van der Waals surface area contributed by atoms with Gasteiger partial charge < -0.3 is 5.32 Å². The zero-order valence-corrected chi connectivity index (χ0v) is 12.3. The van der Waals surface area contributed by atoms with Crippen molar-refractivity contribution in [3.05, 3.63) is 35.9 Å². The first kappa shape index (κ1) is 15.2. The van der Waals surface area contributed by atoms with Crippen LogP contribution in [0.3, 0.4) is 0 Å². The van der Waals surface area contributed by atoms with Gasteiger partial charge in [-0.15, -0.1) is 0 Å². The van der Waals surface area contributed by atoms with Crippen molar-refractivity contribution in [2.75, 3.05) is 6.54 Å². The molecule has 0 aliphatic carbocycles.